The highest BCUT2D eigenvalue weighted by Gasteiger charge is 2.28. The molecule has 2 heterocycles. The summed E-state index contributed by atoms with van der Waals surface area (Å²) in [5, 5.41) is 13.5. The summed E-state index contributed by atoms with van der Waals surface area (Å²) in [6, 6.07) is 10.2. The molecule has 1 aromatic heterocycles. The lowest BCUT2D eigenvalue weighted by Crippen LogP contribution is -2.52. The van der Waals surface area contributed by atoms with Crippen molar-refractivity contribution in [3.8, 4) is 11.8 Å². The first-order chi connectivity index (χ1) is 15.1. The Bertz CT molecular complexity index is 972. The number of benzene rings is 1. The largest absolute Gasteiger partial charge is 0.495 e. The van der Waals surface area contributed by atoms with Crippen molar-refractivity contribution < 1.29 is 9.53 Å². The summed E-state index contributed by atoms with van der Waals surface area (Å²) >= 11 is 1.60. The molecule has 31 heavy (non-hydrogen) atoms. The zero-order valence-electron chi connectivity index (χ0n) is 18.3. The molecule has 1 N–H and O–H groups in total. The number of amides is 1. The number of hydrogen-bond donors (Lipinski definition) is 1. The van der Waals surface area contributed by atoms with Crippen molar-refractivity contribution in [2.75, 3.05) is 43.5 Å². The Balaban J connectivity index is 1.39. The van der Waals surface area contributed by atoms with Gasteiger partial charge in [-0.15, -0.1) is 11.3 Å². The second-order valence-corrected chi connectivity index (χ2v) is 9.35. The van der Waals surface area contributed by atoms with Crippen LogP contribution >= 0.6 is 11.3 Å². The fraction of sp³-hybridized carbons (Fsp3) is 0.500. The molecule has 1 amide bonds. The van der Waals surface area contributed by atoms with Gasteiger partial charge < -0.3 is 15.0 Å². The van der Waals surface area contributed by atoms with Crippen molar-refractivity contribution in [1.29, 1.82) is 5.26 Å². The lowest BCUT2D eigenvalue weighted by Gasteiger charge is -2.38. The van der Waals surface area contributed by atoms with E-state index in [0.29, 0.717) is 5.56 Å². The highest BCUT2D eigenvalue weighted by molar-refractivity contribution is 7.16. The number of nitrogens with zero attached hydrogens (tertiary/aromatic N) is 3. The maximum absolute atomic E-state index is 13.0. The summed E-state index contributed by atoms with van der Waals surface area (Å²) in [7, 11) is 1.70. The number of nitriles is 1. The number of fused-ring (bicyclic) bond motifs is 1. The van der Waals surface area contributed by atoms with Crippen LogP contribution in [0, 0.1) is 11.3 Å². The summed E-state index contributed by atoms with van der Waals surface area (Å²) in [6.45, 7) is 5.25. The van der Waals surface area contributed by atoms with Crippen LogP contribution < -0.4 is 15.0 Å². The molecule has 2 aliphatic rings. The molecule has 0 spiro atoms. The zero-order valence-corrected chi connectivity index (χ0v) is 19.1. The van der Waals surface area contributed by atoms with Crippen LogP contribution in [0.4, 0.5) is 10.7 Å². The van der Waals surface area contributed by atoms with Gasteiger partial charge in [-0.05, 0) is 50.3 Å². The summed E-state index contributed by atoms with van der Waals surface area (Å²) in [6.07, 6.45) is 5.47. The monoisotopic (exact) mass is 438 g/mol. The molecule has 1 unspecified atom stereocenters. The number of piperazine rings is 1. The van der Waals surface area contributed by atoms with Crippen LogP contribution in [0.5, 0.6) is 5.75 Å². The van der Waals surface area contributed by atoms with Gasteiger partial charge in [0, 0.05) is 31.1 Å². The molecule has 0 bridgehead atoms. The van der Waals surface area contributed by atoms with Gasteiger partial charge in [0.1, 0.15) is 16.8 Å². The number of carbonyl (C=O) groups excluding carboxylic acids is 1. The molecule has 1 fully saturated rings. The number of para-hydroxylation sites is 2. The lowest BCUT2D eigenvalue weighted by atomic mass is 10.1. The Kier molecular flexibility index (Phi) is 6.79. The number of carbonyl (C=O) groups is 1. The normalized spacial score (nSPS) is 17.9. The van der Waals surface area contributed by atoms with E-state index in [1.54, 1.807) is 18.4 Å². The van der Waals surface area contributed by atoms with Gasteiger partial charge in [0.15, 0.2) is 0 Å². The highest BCUT2D eigenvalue weighted by Crippen LogP contribution is 2.37. The standard InChI is InChI=1S/C24H30N4O2S/c1-17(27-12-14-28(15-13-27)20-9-6-7-10-21(20)30-2)23(29)26-24-19(16-25)18-8-4-3-5-11-22(18)31-24/h6-7,9-10,17H,3-5,8,11-15H2,1-2H3,(H,26,29). The Morgan fingerprint density at radius 1 is 1.16 bits per heavy atom. The van der Waals surface area contributed by atoms with Gasteiger partial charge in [0.25, 0.3) is 0 Å². The molecular weight excluding hydrogens is 408 g/mol. The Hall–Kier alpha value is -2.56. The molecule has 4 rings (SSSR count). The number of ether oxygens (including phenoxy) is 1. The van der Waals surface area contributed by atoms with Crippen molar-refractivity contribution in [2.45, 2.75) is 45.1 Å². The van der Waals surface area contributed by atoms with E-state index in [1.165, 1.54) is 23.3 Å². The van der Waals surface area contributed by atoms with Crippen LogP contribution in [0.15, 0.2) is 24.3 Å². The molecule has 0 saturated carbocycles. The number of nitrogens with one attached hydrogen (secondary N) is 1. The average Bonchev–Trinajstić information content (AvgIpc) is 2.97. The molecule has 1 aromatic carbocycles. The zero-order chi connectivity index (χ0) is 21.8. The number of thiophene rings is 1. The van der Waals surface area contributed by atoms with Crippen molar-refractivity contribution >= 4 is 27.9 Å². The SMILES string of the molecule is COc1ccccc1N1CCN(C(C)C(=O)Nc2sc3c(c2C#N)CCCCC3)CC1. The highest BCUT2D eigenvalue weighted by atomic mass is 32.1. The number of aryl methyl sites for hydroxylation is 1. The van der Waals surface area contributed by atoms with E-state index in [9.17, 15) is 10.1 Å². The van der Waals surface area contributed by atoms with E-state index in [-0.39, 0.29) is 11.9 Å². The van der Waals surface area contributed by atoms with Crippen LogP contribution in [-0.2, 0) is 17.6 Å². The van der Waals surface area contributed by atoms with Gasteiger partial charge in [0.2, 0.25) is 5.91 Å². The maximum atomic E-state index is 13.0. The minimum atomic E-state index is -0.242. The number of methoxy groups -OCH3 is 1. The summed E-state index contributed by atoms with van der Waals surface area (Å²) in [5.74, 6) is 0.849. The quantitative estimate of drug-likeness (QED) is 0.714. The van der Waals surface area contributed by atoms with Gasteiger partial charge >= 0.3 is 0 Å². The molecule has 1 atom stereocenters. The third-order valence-corrected chi connectivity index (χ3v) is 7.64. The fourth-order valence-corrected chi connectivity index (χ4v) is 5.81. The van der Waals surface area contributed by atoms with Crippen LogP contribution in [0.3, 0.4) is 0 Å². The van der Waals surface area contributed by atoms with E-state index in [4.69, 9.17) is 4.74 Å². The van der Waals surface area contributed by atoms with Gasteiger partial charge in [-0.3, -0.25) is 9.69 Å². The third kappa shape index (κ3) is 4.56. The van der Waals surface area contributed by atoms with Crippen LogP contribution in [-0.4, -0.2) is 50.1 Å². The third-order valence-electron chi connectivity index (χ3n) is 6.44. The lowest BCUT2D eigenvalue weighted by molar-refractivity contribution is -0.120. The molecule has 1 aliphatic carbocycles. The molecule has 164 valence electrons. The molecule has 0 radical (unpaired) electrons. The molecule has 6 nitrogen and oxygen atoms in total. The van der Waals surface area contributed by atoms with E-state index in [1.807, 2.05) is 25.1 Å². The van der Waals surface area contributed by atoms with Gasteiger partial charge in [-0.2, -0.15) is 5.26 Å². The Labute approximate surface area is 188 Å². The van der Waals surface area contributed by atoms with Crippen molar-refractivity contribution in [3.63, 3.8) is 0 Å². The van der Waals surface area contributed by atoms with Gasteiger partial charge in [0.05, 0.1) is 24.4 Å². The first-order valence-electron chi connectivity index (χ1n) is 11.1. The van der Waals surface area contributed by atoms with Crippen LogP contribution in [0.2, 0.25) is 0 Å². The summed E-state index contributed by atoms with van der Waals surface area (Å²) in [5.41, 5.74) is 2.95. The minimum Gasteiger partial charge on any atom is -0.495 e. The molecule has 1 saturated heterocycles. The predicted molar refractivity (Wildman–Crippen MR) is 125 cm³/mol. The fourth-order valence-electron chi connectivity index (χ4n) is 4.57. The number of anilines is 2. The summed E-state index contributed by atoms with van der Waals surface area (Å²) < 4.78 is 5.50. The van der Waals surface area contributed by atoms with Crippen LogP contribution in [0.25, 0.3) is 0 Å². The van der Waals surface area contributed by atoms with Gasteiger partial charge in [-0.25, -0.2) is 0 Å². The molecule has 7 heteroatoms. The molecule has 1 aliphatic heterocycles. The van der Waals surface area contributed by atoms with E-state index >= 15 is 0 Å². The smallest absolute Gasteiger partial charge is 0.242 e. The van der Waals surface area contributed by atoms with Crippen molar-refractivity contribution in [1.82, 2.24) is 4.90 Å². The predicted octanol–water partition coefficient (Wildman–Crippen LogP) is 4.05. The van der Waals surface area contributed by atoms with Crippen molar-refractivity contribution in [3.05, 3.63) is 40.3 Å². The number of rotatable bonds is 5. The Morgan fingerprint density at radius 3 is 2.65 bits per heavy atom. The number of hydrogen-bond acceptors (Lipinski definition) is 6. The Morgan fingerprint density at radius 2 is 1.90 bits per heavy atom. The second-order valence-electron chi connectivity index (χ2n) is 8.24. The van der Waals surface area contributed by atoms with Crippen molar-refractivity contribution in [2.24, 2.45) is 0 Å². The van der Waals surface area contributed by atoms with E-state index in [2.05, 4.69) is 27.3 Å². The second kappa shape index (κ2) is 9.71. The van der Waals surface area contributed by atoms with E-state index in [0.717, 1.165) is 61.9 Å². The maximum Gasteiger partial charge on any atom is 0.242 e. The minimum absolute atomic E-state index is 0.0290. The molecular formula is C24H30N4O2S. The summed E-state index contributed by atoms with van der Waals surface area (Å²) in [4.78, 5) is 18.8. The first kappa shape index (κ1) is 21.7. The average molecular weight is 439 g/mol. The topological polar surface area (TPSA) is 68.6 Å². The van der Waals surface area contributed by atoms with Gasteiger partial charge in [-0.1, -0.05) is 18.6 Å². The van der Waals surface area contributed by atoms with Crippen LogP contribution in [0.1, 0.15) is 42.2 Å². The first-order valence-corrected chi connectivity index (χ1v) is 11.9. The molecule has 2 aromatic rings. The van der Waals surface area contributed by atoms with E-state index < -0.39 is 0 Å².